The van der Waals surface area contributed by atoms with Crippen molar-refractivity contribution in [3.05, 3.63) is 23.8 Å². The van der Waals surface area contributed by atoms with E-state index in [4.69, 9.17) is 9.47 Å². The van der Waals surface area contributed by atoms with E-state index in [0.717, 1.165) is 49.5 Å². The number of carbonyl (C=O) groups is 1. The Kier molecular flexibility index (Phi) is 7.56. The van der Waals surface area contributed by atoms with E-state index < -0.39 is 0 Å². The molecule has 1 heterocycles. The van der Waals surface area contributed by atoms with Crippen molar-refractivity contribution >= 4 is 5.91 Å². The van der Waals surface area contributed by atoms with Gasteiger partial charge in [0.15, 0.2) is 0 Å². The third kappa shape index (κ3) is 5.92. The Morgan fingerprint density at radius 2 is 2.24 bits per heavy atom. The quantitative estimate of drug-likeness (QED) is 0.784. The molecule has 0 aromatic heterocycles. The first kappa shape index (κ1) is 19.6. The molecule has 0 radical (unpaired) electrons. The molecule has 5 nitrogen and oxygen atoms in total. The molecule has 1 amide bonds. The maximum atomic E-state index is 12.0. The van der Waals surface area contributed by atoms with Crippen LogP contribution in [-0.2, 0) is 11.3 Å². The predicted molar refractivity (Wildman–Crippen MR) is 100 cm³/mol. The molecule has 1 aromatic carbocycles. The standard InChI is InChI=1S/C20H32N2O3/c1-5-15(3)11-20(23)21-9-10-22-13-16-12-18(24-4)7-8-19(16)25-17(6-2)14-22/h7-8,12,15,17H,5-6,9-11,13-14H2,1-4H3,(H,21,23)/t15-,17+/m1/s1. The van der Waals surface area contributed by atoms with Crippen molar-refractivity contribution < 1.29 is 14.3 Å². The van der Waals surface area contributed by atoms with Crippen LogP contribution in [0.3, 0.4) is 0 Å². The number of fused-ring (bicyclic) bond motifs is 1. The van der Waals surface area contributed by atoms with Gasteiger partial charge in [0.25, 0.3) is 0 Å². The van der Waals surface area contributed by atoms with Crippen LogP contribution >= 0.6 is 0 Å². The Morgan fingerprint density at radius 3 is 2.92 bits per heavy atom. The van der Waals surface area contributed by atoms with Crippen LogP contribution in [0.15, 0.2) is 18.2 Å². The molecular weight excluding hydrogens is 316 g/mol. The molecular formula is C20H32N2O3. The summed E-state index contributed by atoms with van der Waals surface area (Å²) < 4.78 is 11.5. The molecule has 0 aliphatic carbocycles. The topological polar surface area (TPSA) is 50.8 Å². The third-order valence-corrected chi connectivity index (χ3v) is 4.85. The molecule has 1 aromatic rings. The van der Waals surface area contributed by atoms with Gasteiger partial charge >= 0.3 is 0 Å². The summed E-state index contributed by atoms with van der Waals surface area (Å²) in [6.07, 6.45) is 2.78. The van der Waals surface area contributed by atoms with E-state index in [9.17, 15) is 4.79 Å². The van der Waals surface area contributed by atoms with Crippen molar-refractivity contribution in [2.24, 2.45) is 5.92 Å². The first-order valence-electron chi connectivity index (χ1n) is 9.38. The first-order chi connectivity index (χ1) is 12.0. The maximum Gasteiger partial charge on any atom is 0.220 e. The zero-order chi connectivity index (χ0) is 18.2. The van der Waals surface area contributed by atoms with Crippen LogP contribution in [0.25, 0.3) is 0 Å². The molecule has 140 valence electrons. The number of carbonyl (C=O) groups excluding carboxylic acids is 1. The van der Waals surface area contributed by atoms with Gasteiger partial charge in [-0.25, -0.2) is 0 Å². The van der Waals surface area contributed by atoms with Crippen LogP contribution in [0.5, 0.6) is 11.5 Å². The van der Waals surface area contributed by atoms with Crippen molar-refractivity contribution in [2.45, 2.75) is 52.7 Å². The SMILES string of the molecule is CC[C@@H](C)CC(=O)NCCN1Cc2cc(OC)ccc2O[C@@H](CC)C1. The van der Waals surface area contributed by atoms with Gasteiger partial charge in [0.05, 0.1) is 7.11 Å². The molecule has 0 saturated heterocycles. The molecule has 2 atom stereocenters. The smallest absolute Gasteiger partial charge is 0.220 e. The fraction of sp³-hybridized carbons (Fsp3) is 0.650. The monoisotopic (exact) mass is 348 g/mol. The summed E-state index contributed by atoms with van der Waals surface area (Å²) in [5.41, 5.74) is 1.14. The first-order valence-corrected chi connectivity index (χ1v) is 9.38. The number of hydrogen-bond donors (Lipinski definition) is 1. The largest absolute Gasteiger partial charge is 0.497 e. The highest BCUT2D eigenvalue weighted by Gasteiger charge is 2.22. The second kappa shape index (κ2) is 9.66. The highest BCUT2D eigenvalue weighted by molar-refractivity contribution is 5.76. The molecule has 1 aliphatic heterocycles. The lowest BCUT2D eigenvalue weighted by molar-refractivity contribution is -0.121. The van der Waals surface area contributed by atoms with E-state index in [1.807, 2.05) is 18.2 Å². The van der Waals surface area contributed by atoms with Gasteiger partial charge in [-0.15, -0.1) is 0 Å². The molecule has 1 aliphatic rings. The maximum absolute atomic E-state index is 12.0. The van der Waals surface area contributed by atoms with Gasteiger partial charge in [0.2, 0.25) is 5.91 Å². The van der Waals surface area contributed by atoms with Crippen LogP contribution in [0.1, 0.15) is 45.6 Å². The van der Waals surface area contributed by atoms with E-state index in [-0.39, 0.29) is 12.0 Å². The van der Waals surface area contributed by atoms with Crippen LogP contribution in [0.2, 0.25) is 0 Å². The molecule has 0 unspecified atom stereocenters. The molecule has 0 spiro atoms. The number of benzene rings is 1. The van der Waals surface area contributed by atoms with E-state index >= 15 is 0 Å². The number of ether oxygens (including phenoxy) is 2. The van der Waals surface area contributed by atoms with Crippen LogP contribution in [0.4, 0.5) is 0 Å². The zero-order valence-corrected chi connectivity index (χ0v) is 16.0. The van der Waals surface area contributed by atoms with Crippen molar-refractivity contribution in [3.63, 3.8) is 0 Å². The Bertz CT molecular complexity index is 562. The second-order valence-corrected chi connectivity index (χ2v) is 6.92. The highest BCUT2D eigenvalue weighted by atomic mass is 16.5. The van der Waals surface area contributed by atoms with E-state index in [1.165, 1.54) is 0 Å². The Balaban J connectivity index is 1.94. The van der Waals surface area contributed by atoms with E-state index in [2.05, 4.69) is 31.0 Å². The summed E-state index contributed by atoms with van der Waals surface area (Å²) in [7, 11) is 1.68. The molecule has 0 fully saturated rings. The van der Waals surface area contributed by atoms with Crippen LogP contribution < -0.4 is 14.8 Å². The molecule has 1 N–H and O–H groups in total. The Labute approximate surface area is 151 Å². The Hall–Kier alpha value is -1.75. The van der Waals surface area contributed by atoms with Gasteiger partial charge in [-0.2, -0.15) is 0 Å². The van der Waals surface area contributed by atoms with Gasteiger partial charge in [-0.3, -0.25) is 9.69 Å². The average Bonchev–Trinajstić information content (AvgIpc) is 2.79. The number of nitrogens with zero attached hydrogens (tertiary/aromatic N) is 1. The fourth-order valence-corrected chi connectivity index (χ4v) is 3.00. The third-order valence-electron chi connectivity index (χ3n) is 4.85. The summed E-state index contributed by atoms with van der Waals surface area (Å²) in [5.74, 6) is 2.37. The average molecular weight is 348 g/mol. The van der Waals surface area contributed by atoms with Gasteiger partial charge in [0.1, 0.15) is 17.6 Å². The molecule has 5 heteroatoms. The van der Waals surface area contributed by atoms with Gasteiger partial charge < -0.3 is 14.8 Å². The van der Waals surface area contributed by atoms with Gasteiger partial charge in [0, 0.05) is 38.2 Å². The van der Waals surface area contributed by atoms with Gasteiger partial charge in [-0.05, 0) is 30.5 Å². The number of amides is 1. The minimum atomic E-state index is 0.148. The number of rotatable bonds is 8. The normalized spacial score (nSPS) is 18.6. The highest BCUT2D eigenvalue weighted by Crippen LogP contribution is 2.29. The van der Waals surface area contributed by atoms with E-state index in [1.54, 1.807) is 7.11 Å². The van der Waals surface area contributed by atoms with Crippen LogP contribution in [-0.4, -0.2) is 43.7 Å². The van der Waals surface area contributed by atoms with Crippen LogP contribution in [0, 0.1) is 5.92 Å². The number of nitrogens with one attached hydrogen (secondary N) is 1. The predicted octanol–water partition coefficient (Wildman–Crippen LogP) is 3.22. The second-order valence-electron chi connectivity index (χ2n) is 6.92. The van der Waals surface area contributed by atoms with Crippen molar-refractivity contribution in [1.82, 2.24) is 10.2 Å². The summed E-state index contributed by atoms with van der Waals surface area (Å²) in [5, 5.41) is 3.05. The lowest BCUT2D eigenvalue weighted by Gasteiger charge is -2.23. The number of hydrogen-bond acceptors (Lipinski definition) is 4. The summed E-state index contributed by atoms with van der Waals surface area (Å²) in [6, 6.07) is 5.98. The van der Waals surface area contributed by atoms with Crippen molar-refractivity contribution in [2.75, 3.05) is 26.7 Å². The van der Waals surface area contributed by atoms with E-state index in [0.29, 0.717) is 18.9 Å². The summed E-state index contributed by atoms with van der Waals surface area (Å²) >= 11 is 0. The molecule has 25 heavy (non-hydrogen) atoms. The molecule has 0 bridgehead atoms. The van der Waals surface area contributed by atoms with Crippen molar-refractivity contribution in [3.8, 4) is 11.5 Å². The number of methoxy groups -OCH3 is 1. The lowest BCUT2D eigenvalue weighted by atomic mass is 10.1. The minimum Gasteiger partial charge on any atom is -0.497 e. The molecule has 0 saturated carbocycles. The Morgan fingerprint density at radius 1 is 1.44 bits per heavy atom. The summed E-state index contributed by atoms with van der Waals surface area (Å²) in [4.78, 5) is 14.3. The minimum absolute atomic E-state index is 0.148. The fourth-order valence-electron chi connectivity index (χ4n) is 3.00. The zero-order valence-electron chi connectivity index (χ0n) is 16.0. The van der Waals surface area contributed by atoms with Gasteiger partial charge in [-0.1, -0.05) is 27.2 Å². The lowest BCUT2D eigenvalue weighted by Crippen LogP contribution is -2.38. The molecule has 2 rings (SSSR count). The van der Waals surface area contributed by atoms with Crippen molar-refractivity contribution in [1.29, 1.82) is 0 Å². The summed E-state index contributed by atoms with van der Waals surface area (Å²) in [6.45, 7) is 9.55.